The van der Waals surface area contributed by atoms with Crippen LogP contribution in [0.3, 0.4) is 0 Å². The van der Waals surface area contributed by atoms with Gasteiger partial charge in [0.2, 0.25) is 0 Å². The van der Waals surface area contributed by atoms with Gasteiger partial charge in [0.05, 0.1) is 0 Å². The van der Waals surface area contributed by atoms with Gasteiger partial charge in [-0.25, -0.2) is 0 Å². The minimum atomic E-state index is 0.409. The third-order valence-electron chi connectivity index (χ3n) is 3.34. The fraction of sp³-hybridized carbons (Fsp3) is 0.615. The van der Waals surface area contributed by atoms with Crippen molar-refractivity contribution >= 4 is 0 Å². The Bertz CT molecular complexity index is 304. The van der Waals surface area contributed by atoms with Crippen molar-refractivity contribution in [1.82, 2.24) is 10.3 Å². The summed E-state index contributed by atoms with van der Waals surface area (Å²) in [5.74, 6) is 0. The van der Waals surface area contributed by atoms with E-state index in [0.29, 0.717) is 11.6 Å². The summed E-state index contributed by atoms with van der Waals surface area (Å²) in [6.07, 6.45) is 8.87. The van der Waals surface area contributed by atoms with Crippen molar-refractivity contribution in [2.24, 2.45) is 0 Å². The van der Waals surface area contributed by atoms with Crippen molar-refractivity contribution in [3.05, 3.63) is 30.1 Å². The number of hydrogen-bond acceptors (Lipinski definition) is 2. The summed E-state index contributed by atoms with van der Waals surface area (Å²) < 4.78 is 0. The molecule has 82 valence electrons. The van der Waals surface area contributed by atoms with E-state index in [1.165, 1.54) is 24.8 Å². The molecule has 15 heavy (non-hydrogen) atoms. The van der Waals surface area contributed by atoms with E-state index in [1.807, 2.05) is 12.4 Å². The zero-order valence-corrected chi connectivity index (χ0v) is 9.66. The Kier molecular flexibility index (Phi) is 3.06. The molecule has 1 N–H and O–H groups in total. The lowest BCUT2D eigenvalue weighted by atomic mass is 9.78. The lowest BCUT2D eigenvalue weighted by molar-refractivity contribution is 0.189. The van der Waals surface area contributed by atoms with Gasteiger partial charge in [-0.3, -0.25) is 4.98 Å². The van der Waals surface area contributed by atoms with Gasteiger partial charge < -0.3 is 5.32 Å². The fourth-order valence-electron chi connectivity index (χ4n) is 2.37. The van der Waals surface area contributed by atoms with Gasteiger partial charge in [-0.2, -0.15) is 0 Å². The zero-order chi connectivity index (χ0) is 10.7. The highest BCUT2D eigenvalue weighted by Gasteiger charge is 2.32. The maximum Gasteiger partial charge on any atom is 0.0270 e. The number of aromatic nitrogens is 1. The Labute approximate surface area is 92.1 Å². The number of rotatable bonds is 4. The smallest absolute Gasteiger partial charge is 0.0270 e. The Hall–Kier alpha value is -0.890. The van der Waals surface area contributed by atoms with Gasteiger partial charge in [0, 0.05) is 24.0 Å². The van der Waals surface area contributed by atoms with Crippen LogP contribution in [0.25, 0.3) is 0 Å². The van der Waals surface area contributed by atoms with Gasteiger partial charge in [-0.05, 0) is 57.2 Å². The Morgan fingerprint density at radius 2 is 2.07 bits per heavy atom. The lowest BCUT2D eigenvalue weighted by Gasteiger charge is -2.41. The van der Waals surface area contributed by atoms with Gasteiger partial charge in [-0.1, -0.05) is 0 Å². The van der Waals surface area contributed by atoms with Crippen molar-refractivity contribution < 1.29 is 0 Å². The van der Waals surface area contributed by atoms with Crippen LogP contribution in [0.5, 0.6) is 0 Å². The number of pyridine rings is 1. The molecule has 1 aromatic rings. The van der Waals surface area contributed by atoms with Crippen molar-refractivity contribution in [2.45, 2.75) is 51.1 Å². The molecular weight excluding hydrogens is 184 g/mol. The van der Waals surface area contributed by atoms with E-state index < -0.39 is 0 Å². The lowest BCUT2D eigenvalue weighted by Crippen LogP contribution is -2.52. The quantitative estimate of drug-likeness (QED) is 0.815. The second-order valence-electron chi connectivity index (χ2n) is 5.02. The largest absolute Gasteiger partial charge is 0.309 e. The Morgan fingerprint density at radius 3 is 2.60 bits per heavy atom. The first-order valence-corrected chi connectivity index (χ1v) is 5.85. The van der Waals surface area contributed by atoms with E-state index in [0.717, 1.165) is 6.42 Å². The van der Waals surface area contributed by atoms with Crippen LogP contribution in [0.4, 0.5) is 0 Å². The average Bonchev–Trinajstić information content (AvgIpc) is 2.16. The first-order valence-electron chi connectivity index (χ1n) is 5.85. The molecule has 2 heteroatoms. The molecule has 1 heterocycles. The molecule has 1 unspecified atom stereocenters. The average molecular weight is 204 g/mol. The minimum absolute atomic E-state index is 0.409. The van der Waals surface area contributed by atoms with E-state index in [9.17, 15) is 0 Å². The summed E-state index contributed by atoms with van der Waals surface area (Å²) in [6, 6.07) is 4.75. The molecule has 1 aliphatic carbocycles. The molecule has 2 rings (SSSR count). The van der Waals surface area contributed by atoms with Crippen molar-refractivity contribution in [1.29, 1.82) is 0 Å². The summed E-state index contributed by atoms with van der Waals surface area (Å²) in [5.41, 5.74) is 1.78. The van der Waals surface area contributed by atoms with E-state index in [1.54, 1.807) is 0 Å². The molecule has 0 aliphatic heterocycles. The second kappa shape index (κ2) is 4.31. The molecule has 1 fully saturated rings. The summed E-state index contributed by atoms with van der Waals surface area (Å²) in [6.45, 7) is 4.60. The molecular formula is C13H20N2. The van der Waals surface area contributed by atoms with Gasteiger partial charge in [0.25, 0.3) is 0 Å². The highest BCUT2D eigenvalue weighted by molar-refractivity contribution is 5.11. The molecule has 0 amide bonds. The van der Waals surface area contributed by atoms with Crippen LogP contribution in [0.15, 0.2) is 24.5 Å². The van der Waals surface area contributed by atoms with Crippen LogP contribution < -0.4 is 5.32 Å². The fourth-order valence-corrected chi connectivity index (χ4v) is 2.37. The first kappa shape index (κ1) is 10.6. The molecule has 1 aromatic heterocycles. The highest BCUT2D eigenvalue weighted by Crippen LogP contribution is 2.31. The molecule has 0 aromatic carbocycles. The summed E-state index contributed by atoms with van der Waals surface area (Å²) in [4.78, 5) is 4.03. The van der Waals surface area contributed by atoms with Crippen molar-refractivity contribution in [3.63, 3.8) is 0 Å². The maximum absolute atomic E-state index is 4.03. The molecule has 1 atom stereocenters. The van der Waals surface area contributed by atoms with Crippen LogP contribution in [0.2, 0.25) is 0 Å². The molecule has 0 saturated heterocycles. The monoisotopic (exact) mass is 204 g/mol. The van der Waals surface area contributed by atoms with Crippen molar-refractivity contribution in [2.75, 3.05) is 0 Å². The molecule has 0 spiro atoms. The summed E-state index contributed by atoms with van der Waals surface area (Å²) >= 11 is 0. The number of hydrogen-bond donors (Lipinski definition) is 1. The Balaban J connectivity index is 1.84. The molecule has 0 bridgehead atoms. The second-order valence-corrected chi connectivity index (χ2v) is 5.02. The van der Waals surface area contributed by atoms with Crippen molar-refractivity contribution in [3.8, 4) is 0 Å². The predicted molar refractivity (Wildman–Crippen MR) is 62.8 cm³/mol. The topological polar surface area (TPSA) is 24.9 Å². The standard InChI is InChI=1S/C13H20N2/c1-11(15-13(2)6-3-7-13)10-12-4-8-14-9-5-12/h4-5,8-9,11,15H,3,6-7,10H2,1-2H3. The van der Waals surface area contributed by atoms with E-state index in [-0.39, 0.29) is 0 Å². The van der Waals surface area contributed by atoms with Gasteiger partial charge >= 0.3 is 0 Å². The summed E-state index contributed by atoms with van der Waals surface area (Å²) in [7, 11) is 0. The first-order chi connectivity index (χ1) is 7.18. The van der Waals surface area contributed by atoms with Gasteiger partial charge in [0.1, 0.15) is 0 Å². The minimum Gasteiger partial charge on any atom is -0.309 e. The molecule has 1 aliphatic rings. The molecule has 0 radical (unpaired) electrons. The maximum atomic E-state index is 4.03. The van der Waals surface area contributed by atoms with Crippen LogP contribution in [-0.2, 0) is 6.42 Å². The third-order valence-corrected chi connectivity index (χ3v) is 3.34. The summed E-state index contributed by atoms with van der Waals surface area (Å²) in [5, 5.41) is 3.72. The predicted octanol–water partition coefficient (Wildman–Crippen LogP) is 2.54. The number of nitrogens with one attached hydrogen (secondary N) is 1. The normalized spacial score (nSPS) is 20.7. The Morgan fingerprint density at radius 1 is 1.40 bits per heavy atom. The zero-order valence-electron chi connectivity index (χ0n) is 9.66. The van der Waals surface area contributed by atoms with Crippen LogP contribution in [0, 0.1) is 0 Å². The van der Waals surface area contributed by atoms with Gasteiger partial charge in [0.15, 0.2) is 0 Å². The number of nitrogens with zero attached hydrogens (tertiary/aromatic N) is 1. The van der Waals surface area contributed by atoms with Gasteiger partial charge in [-0.15, -0.1) is 0 Å². The van der Waals surface area contributed by atoms with E-state index in [2.05, 4.69) is 36.3 Å². The molecule has 1 saturated carbocycles. The highest BCUT2D eigenvalue weighted by atomic mass is 15.0. The van der Waals surface area contributed by atoms with E-state index in [4.69, 9.17) is 0 Å². The van der Waals surface area contributed by atoms with Crippen LogP contribution >= 0.6 is 0 Å². The van der Waals surface area contributed by atoms with Crippen LogP contribution in [-0.4, -0.2) is 16.6 Å². The van der Waals surface area contributed by atoms with E-state index >= 15 is 0 Å². The van der Waals surface area contributed by atoms with Crippen LogP contribution in [0.1, 0.15) is 38.7 Å². The third kappa shape index (κ3) is 2.78. The SMILES string of the molecule is CC(Cc1ccncc1)NC1(C)CCC1. The molecule has 2 nitrogen and oxygen atoms in total.